The zero-order valence-electron chi connectivity index (χ0n) is 15.7. The fourth-order valence-corrected chi connectivity index (χ4v) is 3.57. The number of amides is 4. The number of benzene rings is 1. The van der Waals surface area contributed by atoms with Crippen LogP contribution in [0.25, 0.3) is 0 Å². The molecule has 0 atom stereocenters. The maximum Gasteiger partial charge on any atom is 0.325 e. The number of nitrogens with zero attached hydrogens (tertiary/aromatic N) is 1. The number of Topliss-reactive ketones (excluding diaryl/α,β-unsaturated/α-hetero) is 1. The van der Waals surface area contributed by atoms with Gasteiger partial charge in [-0.05, 0) is 37.1 Å². The smallest absolute Gasteiger partial charge is 0.325 e. The Bertz CT molecular complexity index is 764. The van der Waals surface area contributed by atoms with Crippen molar-refractivity contribution >= 4 is 29.3 Å². The molecule has 0 radical (unpaired) electrons. The highest BCUT2D eigenvalue weighted by Crippen LogP contribution is 2.33. The van der Waals surface area contributed by atoms with Crippen LogP contribution in [0.2, 0.25) is 0 Å². The van der Waals surface area contributed by atoms with Crippen LogP contribution in [0.5, 0.6) is 0 Å². The molecule has 7 nitrogen and oxygen atoms in total. The number of urea groups is 1. The molecule has 1 aromatic carbocycles. The largest absolute Gasteiger partial charge is 0.326 e. The normalized spacial score (nSPS) is 18.7. The summed E-state index contributed by atoms with van der Waals surface area (Å²) >= 11 is 0. The van der Waals surface area contributed by atoms with Crippen LogP contribution in [0, 0.1) is 5.92 Å². The number of rotatable bonds is 5. The van der Waals surface area contributed by atoms with Gasteiger partial charge in [-0.2, -0.15) is 0 Å². The van der Waals surface area contributed by atoms with Gasteiger partial charge in [0.05, 0.1) is 6.54 Å². The van der Waals surface area contributed by atoms with E-state index in [2.05, 4.69) is 10.6 Å². The van der Waals surface area contributed by atoms with Gasteiger partial charge in [-0.15, -0.1) is 0 Å². The monoisotopic (exact) mass is 371 g/mol. The van der Waals surface area contributed by atoms with Crippen molar-refractivity contribution in [1.82, 2.24) is 10.2 Å². The zero-order valence-corrected chi connectivity index (χ0v) is 15.7. The minimum absolute atomic E-state index is 0.105. The Kier molecular flexibility index (Phi) is 5.30. The molecule has 144 valence electrons. The summed E-state index contributed by atoms with van der Waals surface area (Å²) in [6.45, 7) is 3.32. The van der Waals surface area contributed by atoms with Gasteiger partial charge in [-0.25, -0.2) is 4.79 Å². The predicted octanol–water partition coefficient (Wildman–Crippen LogP) is 2.72. The van der Waals surface area contributed by atoms with E-state index in [1.807, 2.05) is 0 Å². The Labute approximate surface area is 158 Å². The maximum absolute atomic E-state index is 12.7. The summed E-state index contributed by atoms with van der Waals surface area (Å²) in [7, 11) is 0. The summed E-state index contributed by atoms with van der Waals surface area (Å²) in [5.74, 6) is -0.848. The molecule has 1 aliphatic carbocycles. The Morgan fingerprint density at radius 2 is 1.74 bits per heavy atom. The Balaban J connectivity index is 1.65. The van der Waals surface area contributed by atoms with Gasteiger partial charge >= 0.3 is 6.03 Å². The number of carbonyl (C=O) groups excluding carboxylic acids is 4. The van der Waals surface area contributed by atoms with Crippen LogP contribution in [-0.2, 0) is 9.59 Å². The molecule has 1 spiro atoms. The first-order valence-electron chi connectivity index (χ1n) is 9.41. The summed E-state index contributed by atoms with van der Waals surface area (Å²) < 4.78 is 0. The highest BCUT2D eigenvalue weighted by Gasteiger charge is 2.51. The SMILES string of the molecule is CC(C)C(=O)Nc1ccc(C(=O)CN2C(=O)NC3(CCCCC3)C2=O)cc1. The van der Waals surface area contributed by atoms with Gasteiger partial charge in [0.15, 0.2) is 5.78 Å². The van der Waals surface area contributed by atoms with E-state index < -0.39 is 11.6 Å². The first-order valence-corrected chi connectivity index (χ1v) is 9.41. The van der Waals surface area contributed by atoms with Crippen LogP contribution in [0.1, 0.15) is 56.3 Å². The Hall–Kier alpha value is -2.70. The average molecular weight is 371 g/mol. The van der Waals surface area contributed by atoms with E-state index in [0.29, 0.717) is 24.1 Å². The summed E-state index contributed by atoms with van der Waals surface area (Å²) in [6, 6.07) is 5.97. The molecule has 1 saturated carbocycles. The molecule has 3 rings (SSSR count). The molecule has 0 bridgehead atoms. The van der Waals surface area contributed by atoms with Gasteiger partial charge in [0.25, 0.3) is 5.91 Å². The second-order valence-electron chi connectivity index (χ2n) is 7.61. The van der Waals surface area contributed by atoms with Gasteiger partial charge in [-0.1, -0.05) is 33.1 Å². The molecule has 0 aromatic heterocycles. The Morgan fingerprint density at radius 1 is 1.11 bits per heavy atom. The van der Waals surface area contributed by atoms with E-state index in [0.717, 1.165) is 24.2 Å². The van der Waals surface area contributed by atoms with E-state index in [1.165, 1.54) is 0 Å². The number of hydrogen-bond acceptors (Lipinski definition) is 4. The van der Waals surface area contributed by atoms with Crippen molar-refractivity contribution in [2.45, 2.75) is 51.5 Å². The minimum atomic E-state index is -0.819. The van der Waals surface area contributed by atoms with Gasteiger partial charge in [-0.3, -0.25) is 19.3 Å². The van der Waals surface area contributed by atoms with Gasteiger partial charge in [0.2, 0.25) is 5.91 Å². The molecule has 0 unspecified atom stereocenters. The summed E-state index contributed by atoms with van der Waals surface area (Å²) in [5, 5.41) is 5.56. The van der Waals surface area contributed by atoms with Crippen molar-refractivity contribution in [2.75, 3.05) is 11.9 Å². The zero-order chi connectivity index (χ0) is 19.6. The molecule has 1 heterocycles. The van der Waals surface area contributed by atoms with Crippen LogP contribution in [0.15, 0.2) is 24.3 Å². The van der Waals surface area contributed by atoms with Crippen molar-refractivity contribution in [3.63, 3.8) is 0 Å². The molecular formula is C20H25N3O4. The van der Waals surface area contributed by atoms with Crippen LogP contribution in [0.3, 0.4) is 0 Å². The van der Waals surface area contributed by atoms with Crippen molar-refractivity contribution in [2.24, 2.45) is 5.92 Å². The number of hydrogen-bond donors (Lipinski definition) is 2. The van der Waals surface area contributed by atoms with E-state index in [-0.39, 0.29) is 30.1 Å². The van der Waals surface area contributed by atoms with E-state index in [4.69, 9.17) is 0 Å². The third-order valence-electron chi connectivity index (χ3n) is 5.25. The van der Waals surface area contributed by atoms with Gasteiger partial charge < -0.3 is 10.6 Å². The number of imide groups is 1. The third-order valence-corrected chi connectivity index (χ3v) is 5.25. The summed E-state index contributed by atoms with van der Waals surface area (Å²) in [5.41, 5.74) is 0.171. The number of carbonyl (C=O) groups is 4. The predicted molar refractivity (Wildman–Crippen MR) is 100 cm³/mol. The van der Waals surface area contributed by atoms with E-state index >= 15 is 0 Å². The lowest BCUT2D eigenvalue weighted by Crippen LogP contribution is -2.48. The first-order chi connectivity index (χ1) is 12.8. The van der Waals surface area contributed by atoms with Crippen LogP contribution < -0.4 is 10.6 Å². The fourth-order valence-electron chi connectivity index (χ4n) is 3.57. The lowest BCUT2D eigenvalue weighted by molar-refractivity contribution is -0.132. The van der Waals surface area contributed by atoms with Crippen LogP contribution in [0.4, 0.5) is 10.5 Å². The lowest BCUT2D eigenvalue weighted by Gasteiger charge is -2.30. The molecule has 1 aliphatic heterocycles. The van der Waals surface area contributed by atoms with Crippen LogP contribution in [-0.4, -0.2) is 40.6 Å². The lowest BCUT2D eigenvalue weighted by atomic mass is 9.82. The number of ketones is 1. The highest BCUT2D eigenvalue weighted by atomic mass is 16.2. The molecule has 1 aromatic rings. The standard InChI is InChI=1S/C20H25N3O4/c1-13(2)17(25)21-15-8-6-14(7-9-15)16(24)12-23-18(26)20(22-19(23)27)10-4-3-5-11-20/h6-9,13H,3-5,10-12H2,1-2H3,(H,21,25)(H,22,27). The fraction of sp³-hybridized carbons (Fsp3) is 0.500. The quantitative estimate of drug-likeness (QED) is 0.614. The molecule has 27 heavy (non-hydrogen) atoms. The van der Waals surface area contributed by atoms with E-state index in [9.17, 15) is 19.2 Å². The molecule has 7 heteroatoms. The molecule has 2 N–H and O–H groups in total. The van der Waals surface area contributed by atoms with Gasteiger partial charge in [0.1, 0.15) is 5.54 Å². The highest BCUT2D eigenvalue weighted by molar-refractivity contribution is 6.11. The number of anilines is 1. The van der Waals surface area contributed by atoms with Crippen molar-refractivity contribution in [3.05, 3.63) is 29.8 Å². The Morgan fingerprint density at radius 3 is 2.33 bits per heavy atom. The van der Waals surface area contributed by atoms with Crippen molar-refractivity contribution in [3.8, 4) is 0 Å². The molecular weight excluding hydrogens is 346 g/mol. The summed E-state index contributed by atoms with van der Waals surface area (Å²) in [6.07, 6.45) is 4.12. The average Bonchev–Trinajstić information content (AvgIpc) is 2.86. The molecule has 2 aliphatic rings. The third kappa shape index (κ3) is 3.86. The topological polar surface area (TPSA) is 95.6 Å². The first kappa shape index (κ1) is 19.1. The van der Waals surface area contributed by atoms with Crippen molar-refractivity contribution in [1.29, 1.82) is 0 Å². The maximum atomic E-state index is 12.7. The minimum Gasteiger partial charge on any atom is -0.326 e. The van der Waals surface area contributed by atoms with Crippen LogP contribution >= 0.6 is 0 Å². The summed E-state index contributed by atoms with van der Waals surface area (Å²) in [4.78, 5) is 50.3. The number of nitrogens with one attached hydrogen (secondary N) is 2. The second kappa shape index (κ2) is 7.50. The molecule has 4 amide bonds. The van der Waals surface area contributed by atoms with Gasteiger partial charge in [0, 0.05) is 17.2 Å². The second-order valence-corrected chi connectivity index (χ2v) is 7.61. The van der Waals surface area contributed by atoms with Crippen molar-refractivity contribution < 1.29 is 19.2 Å². The molecule has 1 saturated heterocycles. The van der Waals surface area contributed by atoms with E-state index in [1.54, 1.807) is 38.1 Å². The molecule has 2 fully saturated rings.